The number of halogens is 2. The third-order valence-electron chi connectivity index (χ3n) is 2.83. The van der Waals surface area contributed by atoms with Crippen LogP contribution in [0.4, 0.5) is 5.82 Å². The average Bonchev–Trinajstić information content (AvgIpc) is 2.42. The highest BCUT2D eigenvalue weighted by Gasteiger charge is 2.14. The molecule has 2 heterocycles. The van der Waals surface area contributed by atoms with Gasteiger partial charge in [-0.15, -0.1) is 0 Å². The summed E-state index contributed by atoms with van der Waals surface area (Å²) in [7, 11) is 0. The lowest BCUT2D eigenvalue weighted by molar-refractivity contribution is 0.632. The summed E-state index contributed by atoms with van der Waals surface area (Å²) in [5, 5.41) is 3.28. The van der Waals surface area contributed by atoms with Gasteiger partial charge in [0.15, 0.2) is 5.82 Å². The van der Waals surface area contributed by atoms with Crippen LogP contribution in [0.5, 0.6) is 0 Å². The van der Waals surface area contributed by atoms with E-state index < -0.39 is 0 Å². The van der Waals surface area contributed by atoms with Crippen LogP contribution >= 0.6 is 31.9 Å². The fourth-order valence-corrected chi connectivity index (χ4v) is 2.81. The van der Waals surface area contributed by atoms with Gasteiger partial charge in [-0.1, -0.05) is 13.8 Å². The third kappa shape index (κ3) is 4.23. The molecule has 0 saturated carbocycles. The van der Waals surface area contributed by atoms with Gasteiger partial charge in [0.25, 0.3) is 0 Å². The maximum Gasteiger partial charge on any atom is 0.163 e. The highest BCUT2D eigenvalue weighted by atomic mass is 79.9. The minimum Gasteiger partial charge on any atom is -0.369 e. The predicted octanol–water partition coefficient (Wildman–Crippen LogP) is 4.69. The van der Waals surface area contributed by atoms with Crippen molar-refractivity contribution in [2.45, 2.75) is 27.2 Å². The SMILES string of the molecule is CCNc1nc(-c2cncc(Br)c2)nc(CC(C)C)c1Br. The van der Waals surface area contributed by atoms with Crippen LogP contribution in [0, 0.1) is 5.92 Å². The zero-order valence-electron chi connectivity index (χ0n) is 12.3. The largest absolute Gasteiger partial charge is 0.369 e. The van der Waals surface area contributed by atoms with Crippen LogP contribution in [0.2, 0.25) is 0 Å². The van der Waals surface area contributed by atoms with Crippen molar-refractivity contribution in [3.63, 3.8) is 0 Å². The number of nitrogens with one attached hydrogen (secondary N) is 1. The van der Waals surface area contributed by atoms with Gasteiger partial charge >= 0.3 is 0 Å². The highest BCUT2D eigenvalue weighted by molar-refractivity contribution is 9.11. The molecule has 0 fully saturated rings. The number of aromatic nitrogens is 3. The van der Waals surface area contributed by atoms with E-state index in [0.717, 1.165) is 39.0 Å². The summed E-state index contributed by atoms with van der Waals surface area (Å²) >= 11 is 7.06. The lowest BCUT2D eigenvalue weighted by Gasteiger charge is -2.13. The molecule has 21 heavy (non-hydrogen) atoms. The molecular formula is C15H18Br2N4. The van der Waals surface area contributed by atoms with Gasteiger partial charge in [-0.05, 0) is 57.2 Å². The van der Waals surface area contributed by atoms with Gasteiger partial charge in [-0.25, -0.2) is 9.97 Å². The Morgan fingerprint density at radius 3 is 2.57 bits per heavy atom. The Kier molecular flexibility index (Phi) is 5.70. The van der Waals surface area contributed by atoms with E-state index in [1.165, 1.54) is 0 Å². The van der Waals surface area contributed by atoms with Gasteiger partial charge in [0.05, 0.1) is 10.2 Å². The Hall–Kier alpha value is -1.01. The molecule has 0 aliphatic heterocycles. The van der Waals surface area contributed by atoms with Gasteiger partial charge < -0.3 is 5.32 Å². The van der Waals surface area contributed by atoms with E-state index >= 15 is 0 Å². The predicted molar refractivity (Wildman–Crippen MR) is 93.4 cm³/mol. The molecule has 0 unspecified atom stereocenters. The number of anilines is 1. The van der Waals surface area contributed by atoms with Crippen molar-refractivity contribution in [3.05, 3.63) is 33.1 Å². The summed E-state index contributed by atoms with van der Waals surface area (Å²) in [6, 6.07) is 1.98. The molecule has 0 bridgehead atoms. The van der Waals surface area contributed by atoms with E-state index in [0.29, 0.717) is 11.7 Å². The molecule has 0 spiro atoms. The molecule has 0 aliphatic carbocycles. The van der Waals surface area contributed by atoms with Gasteiger partial charge in [-0.3, -0.25) is 4.98 Å². The number of rotatable bonds is 5. The van der Waals surface area contributed by atoms with E-state index in [1.807, 2.05) is 6.07 Å². The smallest absolute Gasteiger partial charge is 0.163 e. The molecule has 0 aromatic carbocycles. The van der Waals surface area contributed by atoms with Crippen molar-refractivity contribution in [2.75, 3.05) is 11.9 Å². The molecule has 112 valence electrons. The standard InChI is InChI=1S/C15H18Br2N4/c1-4-19-15-13(17)12(5-9(2)3)20-14(21-15)10-6-11(16)8-18-7-10/h6-9H,4-5H2,1-3H3,(H,19,20,21). The number of pyridine rings is 1. The van der Waals surface area contributed by atoms with E-state index in [4.69, 9.17) is 4.98 Å². The molecule has 2 aromatic rings. The summed E-state index contributed by atoms with van der Waals surface area (Å²) in [5.74, 6) is 2.05. The lowest BCUT2D eigenvalue weighted by Crippen LogP contribution is -2.08. The fraction of sp³-hybridized carbons (Fsp3) is 0.400. The normalized spacial score (nSPS) is 11.0. The summed E-state index contributed by atoms with van der Waals surface area (Å²) in [5.41, 5.74) is 1.92. The second kappa shape index (κ2) is 7.31. The Labute approximate surface area is 142 Å². The maximum atomic E-state index is 4.71. The second-order valence-electron chi connectivity index (χ2n) is 5.18. The number of nitrogens with zero attached hydrogens (tertiary/aromatic N) is 3. The first kappa shape index (κ1) is 16.4. The van der Waals surface area contributed by atoms with Crippen molar-refractivity contribution >= 4 is 37.7 Å². The topological polar surface area (TPSA) is 50.7 Å². The first-order chi connectivity index (χ1) is 10.0. The molecule has 4 nitrogen and oxygen atoms in total. The molecule has 0 radical (unpaired) electrons. The molecule has 0 aliphatic rings. The van der Waals surface area contributed by atoms with Gasteiger partial charge in [-0.2, -0.15) is 0 Å². The zero-order chi connectivity index (χ0) is 15.4. The zero-order valence-corrected chi connectivity index (χ0v) is 15.5. The minimum atomic E-state index is 0.527. The van der Waals surface area contributed by atoms with Crippen LogP contribution < -0.4 is 5.32 Å². The third-order valence-corrected chi connectivity index (χ3v) is 4.10. The summed E-state index contributed by atoms with van der Waals surface area (Å²) in [4.78, 5) is 13.5. The first-order valence-corrected chi connectivity index (χ1v) is 8.51. The van der Waals surface area contributed by atoms with Crippen molar-refractivity contribution in [2.24, 2.45) is 5.92 Å². The van der Waals surface area contributed by atoms with Crippen LogP contribution in [0.15, 0.2) is 27.4 Å². The van der Waals surface area contributed by atoms with E-state index in [2.05, 4.69) is 67.9 Å². The number of hydrogen-bond donors (Lipinski definition) is 1. The fourth-order valence-electron chi connectivity index (χ4n) is 1.96. The van der Waals surface area contributed by atoms with Crippen LogP contribution in [0.25, 0.3) is 11.4 Å². The van der Waals surface area contributed by atoms with Crippen molar-refractivity contribution in [1.82, 2.24) is 15.0 Å². The highest BCUT2D eigenvalue weighted by Crippen LogP contribution is 2.29. The first-order valence-electron chi connectivity index (χ1n) is 6.92. The molecule has 0 saturated heterocycles. The molecule has 2 aromatic heterocycles. The summed E-state index contributed by atoms with van der Waals surface area (Å²) in [6.07, 6.45) is 4.43. The van der Waals surface area contributed by atoms with Crippen LogP contribution in [-0.4, -0.2) is 21.5 Å². The van der Waals surface area contributed by atoms with Crippen molar-refractivity contribution in [1.29, 1.82) is 0 Å². The van der Waals surface area contributed by atoms with Crippen molar-refractivity contribution < 1.29 is 0 Å². The average molecular weight is 414 g/mol. The molecule has 2 rings (SSSR count). The Morgan fingerprint density at radius 2 is 1.95 bits per heavy atom. The van der Waals surface area contributed by atoms with Gasteiger partial charge in [0, 0.05) is 29.0 Å². The molecular weight excluding hydrogens is 396 g/mol. The molecule has 1 N–H and O–H groups in total. The van der Waals surface area contributed by atoms with Gasteiger partial charge in [0.1, 0.15) is 5.82 Å². The maximum absolute atomic E-state index is 4.71. The number of hydrogen-bond acceptors (Lipinski definition) is 4. The van der Waals surface area contributed by atoms with Crippen LogP contribution in [-0.2, 0) is 6.42 Å². The lowest BCUT2D eigenvalue weighted by atomic mass is 10.1. The summed E-state index contributed by atoms with van der Waals surface area (Å²) < 4.78 is 1.87. The Bertz CT molecular complexity index is 629. The van der Waals surface area contributed by atoms with E-state index in [9.17, 15) is 0 Å². The van der Waals surface area contributed by atoms with Gasteiger partial charge in [0.2, 0.25) is 0 Å². The quantitative estimate of drug-likeness (QED) is 0.772. The van der Waals surface area contributed by atoms with E-state index in [-0.39, 0.29) is 0 Å². The van der Waals surface area contributed by atoms with Crippen LogP contribution in [0.3, 0.4) is 0 Å². The van der Waals surface area contributed by atoms with Crippen molar-refractivity contribution in [3.8, 4) is 11.4 Å². The second-order valence-corrected chi connectivity index (χ2v) is 6.89. The molecule has 0 atom stereocenters. The van der Waals surface area contributed by atoms with E-state index in [1.54, 1.807) is 12.4 Å². The minimum absolute atomic E-state index is 0.527. The summed E-state index contributed by atoms with van der Waals surface area (Å²) in [6.45, 7) is 7.23. The Morgan fingerprint density at radius 1 is 1.19 bits per heavy atom. The monoisotopic (exact) mass is 412 g/mol. The Balaban J connectivity index is 2.52. The van der Waals surface area contributed by atoms with Crippen LogP contribution in [0.1, 0.15) is 26.5 Å². The molecule has 0 amide bonds. The molecule has 6 heteroatoms.